The highest BCUT2D eigenvalue weighted by Gasteiger charge is 2.38. The molecule has 1 aromatic carbocycles. The lowest BCUT2D eigenvalue weighted by Crippen LogP contribution is -2.55. The Balaban J connectivity index is 0.00000288. The maximum Gasteiger partial charge on any atom is 0.249 e. The maximum absolute atomic E-state index is 13.8. The van der Waals surface area contributed by atoms with Gasteiger partial charge in [0.2, 0.25) is 11.8 Å². The number of hydrogen-bond acceptors (Lipinski definition) is 3. The molecule has 3 N–H and O–H groups in total. The molecule has 1 fully saturated rings. The van der Waals surface area contributed by atoms with Crippen LogP contribution in [0.2, 0.25) is 0 Å². The first kappa shape index (κ1) is 20.3. The van der Waals surface area contributed by atoms with Crippen molar-refractivity contribution < 1.29 is 18.4 Å². The summed E-state index contributed by atoms with van der Waals surface area (Å²) in [5.41, 5.74) is 4.48. The van der Waals surface area contributed by atoms with Crippen molar-refractivity contribution in [2.75, 3.05) is 11.4 Å². The quantitative estimate of drug-likeness (QED) is 0.843. The summed E-state index contributed by atoms with van der Waals surface area (Å²) in [4.78, 5) is 25.6. The molecule has 5 nitrogen and oxygen atoms in total. The molecule has 2 amide bonds. The summed E-state index contributed by atoms with van der Waals surface area (Å²) >= 11 is 0. The number of benzene rings is 1. The number of amides is 2. The fourth-order valence-corrected chi connectivity index (χ4v) is 2.74. The maximum atomic E-state index is 13.8. The summed E-state index contributed by atoms with van der Waals surface area (Å²) in [7, 11) is 0. The molecule has 134 valence electrons. The molecule has 0 bridgehead atoms. The summed E-state index contributed by atoms with van der Waals surface area (Å²) in [5.74, 6) is -2.58. The van der Waals surface area contributed by atoms with Gasteiger partial charge in [-0.3, -0.25) is 9.59 Å². The van der Waals surface area contributed by atoms with Crippen LogP contribution in [0.4, 0.5) is 14.5 Å². The summed E-state index contributed by atoms with van der Waals surface area (Å²) in [5, 5.41) is 2.59. The summed E-state index contributed by atoms with van der Waals surface area (Å²) in [6, 6.07) is 2.60. The van der Waals surface area contributed by atoms with E-state index in [1.807, 2.05) is 6.92 Å². The molecule has 1 aliphatic heterocycles. The van der Waals surface area contributed by atoms with Gasteiger partial charge in [-0.2, -0.15) is 0 Å². The highest BCUT2D eigenvalue weighted by molar-refractivity contribution is 6.02. The Morgan fingerprint density at radius 2 is 2.00 bits per heavy atom. The Hall–Kier alpha value is -1.73. The molecule has 1 saturated heterocycles. The van der Waals surface area contributed by atoms with Crippen molar-refractivity contribution in [3.05, 3.63) is 29.8 Å². The third kappa shape index (κ3) is 4.02. The monoisotopic (exact) mass is 361 g/mol. The van der Waals surface area contributed by atoms with Gasteiger partial charge in [-0.1, -0.05) is 19.4 Å². The summed E-state index contributed by atoms with van der Waals surface area (Å²) < 4.78 is 27.6. The van der Waals surface area contributed by atoms with Crippen LogP contribution in [0.5, 0.6) is 0 Å². The largest absolute Gasteiger partial charge is 0.343 e. The molecule has 0 spiro atoms. The second-order valence-corrected chi connectivity index (χ2v) is 6.04. The van der Waals surface area contributed by atoms with Gasteiger partial charge < -0.3 is 16.0 Å². The highest BCUT2D eigenvalue weighted by atomic mass is 35.5. The van der Waals surface area contributed by atoms with E-state index in [2.05, 4.69) is 5.32 Å². The van der Waals surface area contributed by atoms with Crippen molar-refractivity contribution >= 4 is 29.9 Å². The van der Waals surface area contributed by atoms with Gasteiger partial charge in [-0.15, -0.1) is 12.4 Å². The lowest BCUT2D eigenvalue weighted by molar-refractivity contribution is -0.130. The van der Waals surface area contributed by atoms with Gasteiger partial charge in [0.05, 0.1) is 5.54 Å². The van der Waals surface area contributed by atoms with E-state index >= 15 is 0 Å². The van der Waals surface area contributed by atoms with Crippen LogP contribution < -0.4 is 16.0 Å². The van der Waals surface area contributed by atoms with Crippen molar-refractivity contribution in [2.45, 2.75) is 44.7 Å². The van der Waals surface area contributed by atoms with E-state index in [1.165, 1.54) is 6.07 Å². The summed E-state index contributed by atoms with van der Waals surface area (Å²) in [6.45, 7) is 3.64. The van der Waals surface area contributed by atoms with E-state index in [9.17, 15) is 18.4 Å². The Labute approximate surface area is 146 Å². The van der Waals surface area contributed by atoms with Crippen molar-refractivity contribution in [1.82, 2.24) is 5.32 Å². The second kappa shape index (κ2) is 7.90. The normalized spacial score (nSPS) is 19.6. The van der Waals surface area contributed by atoms with Crippen LogP contribution in [-0.4, -0.2) is 29.9 Å². The molecule has 24 heavy (non-hydrogen) atoms. The molecule has 2 atom stereocenters. The van der Waals surface area contributed by atoms with Crippen LogP contribution in [0.1, 0.15) is 33.1 Å². The second-order valence-electron chi connectivity index (χ2n) is 6.04. The number of para-hydroxylation sites is 1. The molecule has 0 saturated carbocycles. The zero-order valence-electron chi connectivity index (χ0n) is 13.6. The molecule has 0 aromatic heterocycles. The topological polar surface area (TPSA) is 75.4 Å². The van der Waals surface area contributed by atoms with E-state index in [4.69, 9.17) is 5.73 Å². The molecule has 0 aliphatic carbocycles. The Kier molecular flexibility index (Phi) is 6.68. The van der Waals surface area contributed by atoms with Gasteiger partial charge in [0.1, 0.15) is 23.4 Å². The van der Waals surface area contributed by atoms with Crippen LogP contribution in [0.15, 0.2) is 18.2 Å². The minimum Gasteiger partial charge on any atom is -0.343 e. The lowest BCUT2D eigenvalue weighted by atomic mass is 9.96. The van der Waals surface area contributed by atoms with Gasteiger partial charge in [0.25, 0.3) is 0 Å². The average molecular weight is 362 g/mol. The minimum absolute atomic E-state index is 0. The van der Waals surface area contributed by atoms with Gasteiger partial charge in [0, 0.05) is 6.54 Å². The number of nitrogens with one attached hydrogen (secondary N) is 1. The van der Waals surface area contributed by atoms with E-state index < -0.39 is 35.0 Å². The predicted molar refractivity (Wildman–Crippen MR) is 90.0 cm³/mol. The van der Waals surface area contributed by atoms with E-state index in [-0.39, 0.29) is 31.1 Å². The Morgan fingerprint density at radius 3 is 2.54 bits per heavy atom. The molecular weight excluding hydrogens is 340 g/mol. The van der Waals surface area contributed by atoms with Gasteiger partial charge >= 0.3 is 0 Å². The molecule has 1 aromatic rings. The zero-order valence-corrected chi connectivity index (χ0v) is 14.5. The molecule has 1 aliphatic rings. The van der Waals surface area contributed by atoms with Gasteiger partial charge in [-0.05, 0) is 31.9 Å². The van der Waals surface area contributed by atoms with Crippen LogP contribution in [-0.2, 0) is 9.59 Å². The number of rotatable bonds is 5. The molecule has 2 unspecified atom stereocenters. The highest BCUT2D eigenvalue weighted by Crippen LogP contribution is 2.27. The van der Waals surface area contributed by atoms with Gasteiger partial charge in [0.15, 0.2) is 0 Å². The van der Waals surface area contributed by atoms with Crippen molar-refractivity contribution in [2.24, 2.45) is 5.73 Å². The zero-order chi connectivity index (χ0) is 17.2. The van der Waals surface area contributed by atoms with E-state index in [1.54, 1.807) is 6.92 Å². The van der Waals surface area contributed by atoms with Crippen LogP contribution in [0.3, 0.4) is 0 Å². The lowest BCUT2D eigenvalue weighted by Gasteiger charge is -2.25. The van der Waals surface area contributed by atoms with Crippen molar-refractivity contribution in [1.29, 1.82) is 0 Å². The Bertz CT molecular complexity index is 605. The van der Waals surface area contributed by atoms with Crippen molar-refractivity contribution in [3.8, 4) is 0 Å². The number of carbonyl (C=O) groups is 2. The average Bonchev–Trinajstić information content (AvgIpc) is 2.80. The van der Waals surface area contributed by atoms with Gasteiger partial charge in [-0.25, -0.2) is 8.78 Å². The fourth-order valence-electron chi connectivity index (χ4n) is 2.74. The number of nitrogens with zero attached hydrogens (tertiary/aromatic N) is 1. The number of anilines is 1. The first-order valence-corrected chi connectivity index (χ1v) is 7.63. The molecular formula is C16H22ClF2N3O2. The third-order valence-electron chi connectivity index (χ3n) is 4.01. The fraction of sp³-hybridized carbons (Fsp3) is 0.500. The minimum atomic E-state index is -1.08. The first-order valence-electron chi connectivity index (χ1n) is 7.63. The molecule has 0 radical (unpaired) electrons. The van der Waals surface area contributed by atoms with E-state index in [0.29, 0.717) is 6.42 Å². The van der Waals surface area contributed by atoms with Crippen molar-refractivity contribution in [3.63, 3.8) is 0 Å². The smallest absolute Gasteiger partial charge is 0.249 e. The molecule has 1 heterocycles. The number of halogens is 3. The third-order valence-corrected chi connectivity index (χ3v) is 4.01. The van der Waals surface area contributed by atoms with Crippen LogP contribution in [0, 0.1) is 11.6 Å². The molecule has 2 rings (SSSR count). The molecule has 8 heteroatoms. The number of nitrogens with two attached hydrogens (primary N) is 1. The van der Waals surface area contributed by atoms with E-state index in [0.717, 1.165) is 23.5 Å². The summed E-state index contributed by atoms with van der Waals surface area (Å²) in [6.07, 6.45) is 1.48. The number of hydrogen-bond donors (Lipinski definition) is 2. The number of carbonyl (C=O) groups excluding carboxylic acids is 2. The Morgan fingerprint density at radius 1 is 1.42 bits per heavy atom. The predicted octanol–water partition coefficient (Wildman–Crippen LogP) is 2.13. The first-order chi connectivity index (χ1) is 10.8. The van der Waals surface area contributed by atoms with Crippen LogP contribution >= 0.6 is 12.4 Å². The standard InChI is InChI=1S/C16H21F2N3O2.ClH/c1-3-8-16(2,19)15(23)20-12-7-9-21(14(12)22)13-10(17)5-4-6-11(13)18;/h4-6,12H,3,7-9,19H2,1-2H3,(H,20,23);1H. The SMILES string of the molecule is CCCC(C)(N)C(=O)NC1CCN(c2c(F)cccc2F)C1=O.Cl. The van der Waals surface area contributed by atoms with Crippen LogP contribution in [0.25, 0.3) is 0 Å².